The topological polar surface area (TPSA) is 26.0 Å². The van der Waals surface area contributed by atoms with Crippen molar-refractivity contribution in [3.63, 3.8) is 0 Å². The van der Waals surface area contributed by atoms with E-state index in [1.807, 2.05) is 24.3 Å². The number of nitrogen functional groups attached to an aromatic ring is 1. The molecule has 0 bridgehead atoms. The molecule has 0 aliphatic heterocycles. The van der Waals surface area contributed by atoms with Gasteiger partial charge in [0, 0.05) is 16.3 Å². The first kappa shape index (κ1) is 10.5. The number of aryl methyl sites for hydroxylation is 1. The molecule has 0 atom stereocenters. The van der Waals surface area contributed by atoms with Gasteiger partial charge in [-0.1, -0.05) is 29.8 Å². The Morgan fingerprint density at radius 2 is 2.00 bits per heavy atom. The molecule has 1 aromatic heterocycles. The van der Waals surface area contributed by atoms with E-state index in [1.165, 1.54) is 10.4 Å². The summed E-state index contributed by atoms with van der Waals surface area (Å²) in [5, 5.41) is 1.69. The second kappa shape index (κ2) is 4.25. The van der Waals surface area contributed by atoms with E-state index in [-0.39, 0.29) is 0 Å². The zero-order valence-electron chi connectivity index (χ0n) is 8.46. The van der Waals surface area contributed by atoms with Gasteiger partial charge in [-0.2, -0.15) is 0 Å². The van der Waals surface area contributed by atoms with Gasteiger partial charge in [0.1, 0.15) is 0 Å². The molecule has 0 fully saturated rings. The molecule has 0 unspecified atom stereocenters. The summed E-state index contributed by atoms with van der Waals surface area (Å²) in [4.78, 5) is 1.27. The molecule has 2 N–H and O–H groups in total. The molecule has 0 spiro atoms. The average Bonchev–Trinajstić information content (AvgIpc) is 2.49. The molecule has 2 rings (SSSR count). The van der Waals surface area contributed by atoms with Crippen LogP contribution < -0.4 is 5.73 Å². The van der Waals surface area contributed by atoms with Crippen molar-refractivity contribution in [2.75, 3.05) is 5.73 Å². The van der Waals surface area contributed by atoms with Gasteiger partial charge < -0.3 is 5.73 Å². The molecule has 1 nitrogen and oxygen atoms in total. The largest absolute Gasteiger partial charge is 0.391 e. The van der Waals surface area contributed by atoms with E-state index in [9.17, 15) is 0 Å². The van der Waals surface area contributed by atoms with Crippen LogP contribution in [0.2, 0.25) is 5.02 Å². The summed E-state index contributed by atoms with van der Waals surface area (Å²) in [6, 6.07) is 9.95. The van der Waals surface area contributed by atoms with Crippen molar-refractivity contribution in [2.45, 2.75) is 13.3 Å². The fourth-order valence-corrected chi connectivity index (χ4v) is 2.59. The van der Waals surface area contributed by atoms with E-state index >= 15 is 0 Å². The smallest absolute Gasteiger partial charge is 0.0862 e. The number of halogens is 1. The summed E-state index contributed by atoms with van der Waals surface area (Å²) in [5.74, 6) is 0. The summed E-state index contributed by atoms with van der Waals surface area (Å²) < 4.78 is 0. The first-order chi connectivity index (χ1) is 7.16. The summed E-state index contributed by atoms with van der Waals surface area (Å²) in [6.07, 6.45) is 0.860. The number of anilines is 1. The number of hydrogen-bond acceptors (Lipinski definition) is 2. The Morgan fingerprint density at radius 3 is 2.60 bits per heavy atom. The lowest BCUT2D eigenvalue weighted by atomic mass is 10.1. The molecule has 78 valence electrons. The van der Waals surface area contributed by atoms with Crippen LogP contribution in [0.25, 0.3) is 0 Å². The predicted octanol–water partition coefficient (Wildman–Crippen LogP) is 3.88. The minimum atomic E-state index is 0.821. The fourth-order valence-electron chi connectivity index (χ4n) is 1.57. The van der Waals surface area contributed by atoms with Crippen molar-refractivity contribution in [3.05, 3.63) is 51.4 Å². The van der Waals surface area contributed by atoms with Gasteiger partial charge in [0.05, 0.1) is 5.00 Å². The highest BCUT2D eigenvalue weighted by Crippen LogP contribution is 2.27. The summed E-state index contributed by atoms with van der Waals surface area (Å²) in [7, 11) is 0. The van der Waals surface area contributed by atoms with E-state index in [1.54, 1.807) is 11.3 Å². The molecule has 15 heavy (non-hydrogen) atoms. The van der Waals surface area contributed by atoms with Crippen molar-refractivity contribution in [2.24, 2.45) is 0 Å². The van der Waals surface area contributed by atoms with Crippen LogP contribution in [-0.2, 0) is 6.42 Å². The van der Waals surface area contributed by atoms with Gasteiger partial charge in [-0.05, 0) is 30.2 Å². The Morgan fingerprint density at radius 1 is 1.27 bits per heavy atom. The SMILES string of the molecule is Cc1sc(N)cc1Cc1ccccc1Cl. The first-order valence-corrected chi connectivity index (χ1v) is 5.94. The van der Waals surface area contributed by atoms with Gasteiger partial charge in [-0.3, -0.25) is 0 Å². The molecule has 0 amide bonds. The number of thiophene rings is 1. The van der Waals surface area contributed by atoms with Gasteiger partial charge in [0.25, 0.3) is 0 Å². The Bertz CT molecular complexity index is 476. The molecule has 2 aromatic rings. The lowest BCUT2D eigenvalue weighted by molar-refractivity contribution is 1.19. The maximum atomic E-state index is 6.11. The second-order valence-electron chi connectivity index (χ2n) is 3.50. The van der Waals surface area contributed by atoms with Crippen LogP contribution in [0, 0.1) is 6.92 Å². The van der Waals surface area contributed by atoms with Crippen LogP contribution in [0.3, 0.4) is 0 Å². The highest BCUT2D eigenvalue weighted by molar-refractivity contribution is 7.16. The number of nitrogens with two attached hydrogens (primary N) is 1. The minimum Gasteiger partial charge on any atom is -0.391 e. The molecule has 1 heterocycles. The Hall–Kier alpha value is -0.990. The molecule has 3 heteroatoms. The average molecular weight is 238 g/mol. The standard InChI is InChI=1S/C12H12ClNS/c1-8-10(7-12(14)15-8)6-9-4-2-3-5-11(9)13/h2-5,7H,6,14H2,1H3. The monoisotopic (exact) mass is 237 g/mol. The summed E-state index contributed by atoms with van der Waals surface area (Å²) in [6.45, 7) is 2.09. The summed E-state index contributed by atoms with van der Waals surface area (Å²) in [5.41, 5.74) is 8.18. The minimum absolute atomic E-state index is 0.821. The molecular formula is C12H12ClNS. The van der Waals surface area contributed by atoms with Crippen molar-refractivity contribution < 1.29 is 0 Å². The Kier molecular flexibility index (Phi) is 2.98. The van der Waals surface area contributed by atoms with Crippen LogP contribution in [0.4, 0.5) is 5.00 Å². The lowest BCUT2D eigenvalue weighted by Gasteiger charge is -2.02. The van der Waals surface area contributed by atoms with Crippen LogP contribution in [0.1, 0.15) is 16.0 Å². The molecule has 0 aliphatic carbocycles. The van der Waals surface area contributed by atoms with E-state index in [0.29, 0.717) is 0 Å². The Labute approximate surface area is 98.5 Å². The lowest BCUT2D eigenvalue weighted by Crippen LogP contribution is -1.88. The van der Waals surface area contributed by atoms with E-state index in [4.69, 9.17) is 17.3 Å². The first-order valence-electron chi connectivity index (χ1n) is 4.75. The van der Waals surface area contributed by atoms with Crippen LogP contribution >= 0.6 is 22.9 Å². The van der Waals surface area contributed by atoms with Gasteiger partial charge in [0.2, 0.25) is 0 Å². The second-order valence-corrected chi connectivity index (χ2v) is 5.19. The highest BCUT2D eigenvalue weighted by atomic mass is 35.5. The van der Waals surface area contributed by atoms with Crippen molar-refractivity contribution >= 4 is 27.9 Å². The van der Waals surface area contributed by atoms with Gasteiger partial charge in [0.15, 0.2) is 0 Å². The van der Waals surface area contributed by atoms with E-state index in [0.717, 1.165) is 22.0 Å². The molecular weight excluding hydrogens is 226 g/mol. The zero-order chi connectivity index (χ0) is 10.8. The quantitative estimate of drug-likeness (QED) is 0.843. The molecule has 1 aromatic carbocycles. The van der Waals surface area contributed by atoms with Crippen molar-refractivity contribution in [3.8, 4) is 0 Å². The molecule has 0 saturated carbocycles. The number of rotatable bonds is 2. The fraction of sp³-hybridized carbons (Fsp3) is 0.167. The molecule has 0 radical (unpaired) electrons. The van der Waals surface area contributed by atoms with E-state index < -0.39 is 0 Å². The molecule has 0 saturated heterocycles. The maximum Gasteiger partial charge on any atom is 0.0862 e. The van der Waals surface area contributed by atoms with Crippen molar-refractivity contribution in [1.29, 1.82) is 0 Å². The summed E-state index contributed by atoms with van der Waals surface area (Å²) >= 11 is 7.73. The maximum absolute atomic E-state index is 6.11. The van der Waals surface area contributed by atoms with E-state index in [2.05, 4.69) is 13.0 Å². The van der Waals surface area contributed by atoms with Gasteiger partial charge in [-0.15, -0.1) is 11.3 Å². The van der Waals surface area contributed by atoms with Gasteiger partial charge >= 0.3 is 0 Å². The highest BCUT2D eigenvalue weighted by Gasteiger charge is 2.06. The predicted molar refractivity (Wildman–Crippen MR) is 67.7 cm³/mol. The van der Waals surface area contributed by atoms with Crippen LogP contribution in [0.15, 0.2) is 30.3 Å². The van der Waals surface area contributed by atoms with Crippen molar-refractivity contribution in [1.82, 2.24) is 0 Å². The third kappa shape index (κ3) is 2.33. The van der Waals surface area contributed by atoms with Gasteiger partial charge in [-0.25, -0.2) is 0 Å². The van der Waals surface area contributed by atoms with Crippen LogP contribution in [0.5, 0.6) is 0 Å². The third-order valence-electron chi connectivity index (χ3n) is 2.38. The normalized spacial score (nSPS) is 10.5. The number of benzene rings is 1. The zero-order valence-corrected chi connectivity index (χ0v) is 10.0. The Balaban J connectivity index is 2.29. The number of hydrogen-bond donors (Lipinski definition) is 1. The molecule has 0 aliphatic rings. The third-order valence-corrected chi connectivity index (χ3v) is 3.67. The van der Waals surface area contributed by atoms with Crippen LogP contribution in [-0.4, -0.2) is 0 Å².